The van der Waals surface area contributed by atoms with Crippen LogP contribution in [0.5, 0.6) is 0 Å². The fourth-order valence-electron chi connectivity index (χ4n) is 0.996. The Morgan fingerprint density at radius 3 is 2.92 bits per heavy atom. The average Bonchev–Trinajstić information content (AvgIpc) is 2.27. The smallest absolute Gasteiger partial charge is 0.201 e. The van der Waals surface area contributed by atoms with Gasteiger partial charge in [0.1, 0.15) is 0 Å². The monoisotopic (exact) mass is 203 g/mol. The molecule has 0 fully saturated rings. The molecular formula is C7H7Cl2N3. The van der Waals surface area contributed by atoms with E-state index in [1.165, 1.54) is 0 Å². The number of rotatable bonds is 0. The van der Waals surface area contributed by atoms with E-state index in [4.69, 9.17) is 17.3 Å². The highest BCUT2D eigenvalue weighted by molar-refractivity contribution is 6.29. The molecule has 3 nitrogen and oxygen atoms in total. The number of fused-ring (bicyclic) bond motifs is 1. The molecule has 0 aliphatic carbocycles. The molecule has 0 aliphatic heterocycles. The van der Waals surface area contributed by atoms with Crippen molar-refractivity contribution in [3.8, 4) is 0 Å². The van der Waals surface area contributed by atoms with E-state index in [0.29, 0.717) is 11.0 Å². The predicted molar refractivity (Wildman–Crippen MR) is 52.8 cm³/mol. The van der Waals surface area contributed by atoms with Crippen LogP contribution < -0.4 is 5.73 Å². The third kappa shape index (κ3) is 1.47. The zero-order valence-electron chi connectivity index (χ0n) is 6.04. The molecule has 1 aromatic heterocycles. The summed E-state index contributed by atoms with van der Waals surface area (Å²) in [5.41, 5.74) is 7.96. The van der Waals surface area contributed by atoms with Crippen molar-refractivity contribution >= 4 is 40.7 Å². The number of hydrogen-bond acceptors (Lipinski definition) is 2. The van der Waals surface area contributed by atoms with E-state index < -0.39 is 0 Å². The van der Waals surface area contributed by atoms with Gasteiger partial charge in [-0.1, -0.05) is 0 Å². The Morgan fingerprint density at radius 1 is 1.42 bits per heavy atom. The summed E-state index contributed by atoms with van der Waals surface area (Å²) in [6.45, 7) is 0. The minimum atomic E-state index is 0. The van der Waals surface area contributed by atoms with Gasteiger partial charge < -0.3 is 10.7 Å². The fourth-order valence-corrected chi connectivity index (χ4v) is 1.19. The summed E-state index contributed by atoms with van der Waals surface area (Å²) in [7, 11) is 0. The van der Waals surface area contributed by atoms with E-state index in [2.05, 4.69) is 9.97 Å². The number of aromatic amines is 1. The summed E-state index contributed by atoms with van der Waals surface area (Å²) in [4.78, 5) is 6.88. The maximum Gasteiger partial charge on any atom is 0.201 e. The van der Waals surface area contributed by atoms with Gasteiger partial charge in [-0.25, -0.2) is 4.98 Å². The van der Waals surface area contributed by atoms with Gasteiger partial charge in [0.25, 0.3) is 0 Å². The van der Waals surface area contributed by atoms with E-state index in [0.717, 1.165) is 11.0 Å². The third-order valence-electron chi connectivity index (χ3n) is 1.48. The first-order valence-electron chi connectivity index (χ1n) is 3.16. The molecule has 0 saturated heterocycles. The Balaban J connectivity index is 0.000000720. The van der Waals surface area contributed by atoms with Crippen molar-refractivity contribution < 1.29 is 0 Å². The van der Waals surface area contributed by atoms with Gasteiger partial charge in [-0.3, -0.25) is 0 Å². The number of halogens is 2. The van der Waals surface area contributed by atoms with E-state index >= 15 is 0 Å². The molecule has 0 unspecified atom stereocenters. The van der Waals surface area contributed by atoms with Crippen LogP contribution in [0.25, 0.3) is 11.0 Å². The van der Waals surface area contributed by atoms with Crippen LogP contribution in [0.15, 0.2) is 18.2 Å². The van der Waals surface area contributed by atoms with Crippen LogP contribution in [0.2, 0.25) is 5.28 Å². The van der Waals surface area contributed by atoms with Crippen molar-refractivity contribution in [2.75, 3.05) is 5.73 Å². The lowest BCUT2D eigenvalue weighted by atomic mass is 10.3. The molecule has 0 atom stereocenters. The van der Waals surface area contributed by atoms with E-state index in [9.17, 15) is 0 Å². The summed E-state index contributed by atoms with van der Waals surface area (Å²) >= 11 is 5.63. The minimum Gasteiger partial charge on any atom is -0.399 e. The van der Waals surface area contributed by atoms with Gasteiger partial charge in [-0.2, -0.15) is 0 Å². The zero-order valence-corrected chi connectivity index (χ0v) is 7.62. The van der Waals surface area contributed by atoms with Crippen LogP contribution in [-0.2, 0) is 0 Å². The molecule has 12 heavy (non-hydrogen) atoms. The number of anilines is 1. The number of hydrogen-bond donors (Lipinski definition) is 2. The molecule has 1 aromatic carbocycles. The quantitative estimate of drug-likeness (QED) is 0.646. The molecule has 0 radical (unpaired) electrons. The number of H-pyrrole nitrogens is 1. The number of nitrogens with zero attached hydrogens (tertiary/aromatic N) is 1. The highest BCUT2D eigenvalue weighted by Crippen LogP contribution is 2.16. The SMILES string of the molecule is Cl.Nc1ccc2nc(Cl)[nH]c2c1. The second-order valence-electron chi connectivity index (χ2n) is 2.30. The predicted octanol–water partition coefficient (Wildman–Crippen LogP) is 2.22. The maximum absolute atomic E-state index is 5.63. The lowest BCUT2D eigenvalue weighted by molar-refractivity contribution is 1.34. The van der Waals surface area contributed by atoms with Crippen molar-refractivity contribution in [1.29, 1.82) is 0 Å². The maximum atomic E-state index is 5.63. The van der Waals surface area contributed by atoms with Gasteiger partial charge in [0.05, 0.1) is 11.0 Å². The molecule has 0 amide bonds. The first kappa shape index (κ1) is 9.16. The van der Waals surface area contributed by atoms with Crippen molar-refractivity contribution in [2.24, 2.45) is 0 Å². The molecule has 0 bridgehead atoms. The van der Waals surface area contributed by atoms with Crippen molar-refractivity contribution in [1.82, 2.24) is 9.97 Å². The van der Waals surface area contributed by atoms with Crippen molar-refractivity contribution in [3.05, 3.63) is 23.5 Å². The number of nitrogen functional groups attached to an aromatic ring is 1. The topological polar surface area (TPSA) is 54.7 Å². The molecule has 64 valence electrons. The zero-order chi connectivity index (χ0) is 7.84. The molecule has 1 heterocycles. The Labute approximate surface area is 80.3 Å². The minimum absolute atomic E-state index is 0. The third-order valence-corrected chi connectivity index (χ3v) is 1.66. The van der Waals surface area contributed by atoms with Gasteiger partial charge in [0.2, 0.25) is 5.28 Å². The first-order chi connectivity index (χ1) is 5.25. The van der Waals surface area contributed by atoms with Crippen LogP contribution in [-0.4, -0.2) is 9.97 Å². The molecular weight excluding hydrogens is 197 g/mol. The summed E-state index contributed by atoms with van der Waals surface area (Å²) in [5.74, 6) is 0. The van der Waals surface area contributed by atoms with E-state index in [1.54, 1.807) is 12.1 Å². The van der Waals surface area contributed by atoms with Crippen LogP contribution in [0.4, 0.5) is 5.69 Å². The van der Waals surface area contributed by atoms with Gasteiger partial charge in [-0.05, 0) is 29.8 Å². The van der Waals surface area contributed by atoms with Crippen LogP contribution in [0, 0.1) is 0 Å². The lowest BCUT2D eigenvalue weighted by Crippen LogP contribution is -1.82. The second kappa shape index (κ2) is 3.21. The number of nitrogens with two attached hydrogens (primary N) is 1. The molecule has 0 aliphatic rings. The molecule has 2 aromatic rings. The lowest BCUT2D eigenvalue weighted by Gasteiger charge is -1.89. The van der Waals surface area contributed by atoms with Crippen LogP contribution >= 0.6 is 24.0 Å². The number of aromatic nitrogens is 2. The van der Waals surface area contributed by atoms with Crippen LogP contribution in [0.3, 0.4) is 0 Å². The van der Waals surface area contributed by atoms with E-state index in [1.807, 2.05) is 6.07 Å². The normalized spacial score (nSPS) is 9.75. The Kier molecular flexibility index (Phi) is 2.45. The second-order valence-corrected chi connectivity index (χ2v) is 2.66. The van der Waals surface area contributed by atoms with Crippen LogP contribution in [0.1, 0.15) is 0 Å². The van der Waals surface area contributed by atoms with Gasteiger partial charge in [-0.15, -0.1) is 12.4 Å². The number of benzene rings is 1. The Bertz CT molecular complexity index is 396. The molecule has 2 rings (SSSR count). The number of imidazole rings is 1. The fraction of sp³-hybridized carbons (Fsp3) is 0. The van der Waals surface area contributed by atoms with Gasteiger partial charge >= 0.3 is 0 Å². The standard InChI is InChI=1S/C7H6ClN3.ClH/c8-7-10-5-2-1-4(9)3-6(5)11-7;/h1-3H,9H2,(H,10,11);1H. The Morgan fingerprint density at radius 2 is 2.17 bits per heavy atom. The van der Waals surface area contributed by atoms with Gasteiger partial charge in [0, 0.05) is 5.69 Å². The van der Waals surface area contributed by atoms with Crippen molar-refractivity contribution in [3.63, 3.8) is 0 Å². The highest BCUT2D eigenvalue weighted by atomic mass is 35.5. The summed E-state index contributed by atoms with van der Waals surface area (Å²) in [6, 6.07) is 5.42. The molecule has 0 saturated carbocycles. The molecule has 0 spiro atoms. The number of nitrogens with one attached hydrogen (secondary N) is 1. The molecule has 5 heteroatoms. The van der Waals surface area contributed by atoms with E-state index in [-0.39, 0.29) is 12.4 Å². The van der Waals surface area contributed by atoms with Crippen molar-refractivity contribution in [2.45, 2.75) is 0 Å². The van der Waals surface area contributed by atoms with Gasteiger partial charge in [0.15, 0.2) is 0 Å². The highest BCUT2D eigenvalue weighted by Gasteiger charge is 1.98. The summed E-state index contributed by atoms with van der Waals surface area (Å²) < 4.78 is 0. The summed E-state index contributed by atoms with van der Waals surface area (Å²) in [5, 5.41) is 0.394. The Hall–Kier alpha value is -0.930. The largest absolute Gasteiger partial charge is 0.399 e. The summed E-state index contributed by atoms with van der Waals surface area (Å²) in [6.07, 6.45) is 0. The average molecular weight is 204 g/mol. The first-order valence-corrected chi connectivity index (χ1v) is 3.54. The molecule has 3 N–H and O–H groups in total.